The first-order valence-electron chi connectivity index (χ1n) is 11.8. The fraction of sp³-hybridized carbons (Fsp3) is 0.696. The van der Waals surface area contributed by atoms with E-state index in [2.05, 4.69) is 44.2 Å². The molecule has 2 aromatic heterocycles. The lowest BCUT2D eigenvalue weighted by molar-refractivity contribution is 0.107. The lowest BCUT2D eigenvalue weighted by atomic mass is 9.95. The molecule has 0 amide bonds. The lowest BCUT2D eigenvalue weighted by Crippen LogP contribution is -2.47. The van der Waals surface area contributed by atoms with Crippen LogP contribution in [0.2, 0.25) is 5.15 Å². The first kappa shape index (κ1) is 22.9. The largest absolute Gasteiger partial charge is 0.461 e. The molecule has 2 saturated heterocycles. The molecule has 1 saturated carbocycles. The van der Waals surface area contributed by atoms with E-state index in [1.165, 1.54) is 19.0 Å². The summed E-state index contributed by atoms with van der Waals surface area (Å²) in [5.41, 5.74) is -0.248. The maximum Gasteiger partial charge on any atom is 0.319 e. The molecule has 2 aromatic rings. The van der Waals surface area contributed by atoms with Crippen LogP contribution in [0.25, 0.3) is 10.9 Å². The van der Waals surface area contributed by atoms with Crippen LogP contribution < -0.4 is 10.1 Å². The average molecular weight is 481 g/mol. The lowest BCUT2D eigenvalue weighted by Gasteiger charge is -2.36. The van der Waals surface area contributed by atoms with Gasteiger partial charge in [0.25, 0.3) is 0 Å². The van der Waals surface area contributed by atoms with Crippen LogP contribution in [0.5, 0.6) is 6.01 Å². The second kappa shape index (κ2) is 8.74. The van der Waals surface area contributed by atoms with Gasteiger partial charge in [0.1, 0.15) is 24.1 Å². The van der Waals surface area contributed by atoms with Crippen LogP contribution in [-0.2, 0) is 0 Å². The van der Waals surface area contributed by atoms with Gasteiger partial charge in [-0.25, -0.2) is 13.8 Å². The fourth-order valence-electron chi connectivity index (χ4n) is 5.92. The molecule has 0 unspecified atom stereocenters. The highest BCUT2D eigenvalue weighted by Gasteiger charge is 2.49. The van der Waals surface area contributed by atoms with Crippen molar-refractivity contribution in [1.82, 2.24) is 24.8 Å². The van der Waals surface area contributed by atoms with Gasteiger partial charge in [-0.1, -0.05) is 24.4 Å². The molecule has 1 N–H and O–H groups in total. The third kappa shape index (κ3) is 4.12. The Morgan fingerprint density at radius 1 is 1.24 bits per heavy atom. The van der Waals surface area contributed by atoms with Crippen molar-refractivity contribution in [2.24, 2.45) is 0 Å². The number of hydrogen-bond donors (Lipinski definition) is 1. The van der Waals surface area contributed by atoms with Crippen LogP contribution in [0, 0.1) is 5.82 Å². The number of aromatic nitrogens is 3. The number of ether oxygens (including phenoxy) is 1. The standard InChI is InChI=1S/C23H31ClF2N6O/c1-31(2)22(6-3-4-7-22)13-28-20-16-11-27-19(24)17(26)18(16)29-21(30-20)33-14-23-8-5-9-32(23)12-15(25)10-23/h11,15H,3-10,12-14H2,1-2H3,(H,28,29,30)/t15-,23+/m1/s1. The molecule has 2 atom stereocenters. The zero-order valence-corrected chi connectivity index (χ0v) is 20.0. The van der Waals surface area contributed by atoms with Crippen molar-refractivity contribution in [2.45, 2.75) is 62.2 Å². The number of fused-ring (bicyclic) bond motifs is 2. The van der Waals surface area contributed by atoms with E-state index < -0.39 is 12.0 Å². The summed E-state index contributed by atoms with van der Waals surface area (Å²) in [6.07, 6.45) is 7.51. The fourth-order valence-corrected chi connectivity index (χ4v) is 6.06. The number of hydrogen-bond acceptors (Lipinski definition) is 7. The quantitative estimate of drug-likeness (QED) is 0.599. The highest BCUT2D eigenvalue weighted by Crippen LogP contribution is 2.40. The number of nitrogens with one attached hydrogen (secondary N) is 1. The van der Waals surface area contributed by atoms with Crippen molar-refractivity contribution in [3.05, 3.63) is 17.2 Å². The van der Waals surface area contributed by atoms with Crippen molar-refractivity contribution in [3.8, 4) is 6.01 Å². The van der Waals surface area contributed by atoms with Gasteiger partial charge in [0.05, 0.1) is 10.9 Å². The highest BCUT2D eigenvalue weighted by molar-refractivity contribution is 6.30. The van der Waals surface area contributed by atoms with Gasteiger partial charge < -0.3 is 15.0 Å². The summed E-state index contributed by atoms with van der Waals surface area (Å²) >= 11 is 5.94. The highest BCUT2D eigenvalue weighted by atomic mass is 35.5. The average Bonchev–Trinajstić information content (AvgIpc) is 3.48. The molecule has 0 radical (unpaired) electrons. The number of halogens is 3. The maximum atomic E-state index is 14.9. The van der Waals surface area contributed by atoms with Gasteiger partial charge in [-0.05, 0) is 46.3 Å². The van der Waals surface area contributed by atoms with Gasteiger partial charge in [-0.2, -0.15) is 9.97 Å². The molecule has 3 aliphatic rings. The van der Waals surface area contributed by atoms with Gasteiger partial charge in [0.2, 0.25) is 0 Å². The van der Waals surface area contributed by atoms with E-state index in [1.54, 1.807) is 0 Å². The number of rotatable bonds is 7. The predicted molar refractivity (Wildman–Crippen MR) is 124 cm³/mol. The van der Waals surface area contributed by atoms with Gasteiger partial charge in [0.15, 0.2) is 11.0 Å². The molecule has 0 spiro atoms. The van der Waals surface area contributed by atoms with Crippen LogP contribution >= 0.6 is 11.6 Å². The molecule has 7 nitrogen and oxygen atoms in total. The number of likely N-dealkylation sites (N-methyl/N-ethyl adjacent to an activating group) is 1. The molecular formula is C23H31ClF2N6O. The minimum atomic E-state index is -0.848. The summed E-state index contributed by atoms with van der Waals surface area (Å²) in [5.74, 6) is -0.222. The Hall–Kier alpha value is -1.84. The van der Waals surface area contributed by atoms with Crippen LogP contribution in [0.15, 0.2) is 6.20 Å². The van der Waals surface area contributed by atoms with Crippen LogP contribution in [0.1, 0.15) is 44.9 Å². The molecule has 180 valence electrons. The second-order valence-electron chi connectivity index (χ2n) is 10.0. The SMILES string of the molecule is CN(C)C1(CNc2nc(OC[C@@]34CCCN3C[C@H](F)C4)nc3c(F)c(Cl)ncc23)CCCC1. The van der Waals surface area contributed by atoms with Crippen LogP contribution in [0.4, 0.5) is 14.6 Å². The third-order valence-electron chi connectivity index (χ3n) is 7.92. The first-order valence-corrected chi connectivity index (χ1v) is 12.1. The van der Waals surface area contributed by atoms with Crippen molar-refractivity contribution >= 4 is 28.3 Å². The molecule has 0 aromatic carbocycles. The van der Waals surface area contributed by atoms with Crippen molar-refractivity contribution in [1.29, 1.82) is 0 Å². The number of alkyl halides is 1. The minimum absolute atomic E-state index is 0.0139. The summed E-state index contributed by atoms with van der Waals surface area (Å²) < 4.78 is 35.0. The monoisotopic (exact) mass is 480 g/mol. The number of anilines is 1. The molecule has 5 rings (SSSR count). The van der Waals surface area contributed by atoms with E-state index in [0.29, 0.717) is 30.7 Å². The van der Waals surface area contributed by atoms with E-state index >= 15 is 0 Å². The first-order chi connectivity index (χ1) is 15.8. The third-order valence-corrected chi connectivity index (χ3v) is 8.18. The maximum absolute atomic E-state index is 14.9. The zero-order valence-electron chi connectivity index (χ0n) is 19.2. The molecule has 3 fully saturated rings. The Morgan fingerprint density at radius 3 is 2.79 bits per heavy atom. The Balaban J connectivity index is 1.44. The smallest absolute Gasteiger partial charge is 0.319 e. The molecular weight excluding hydrogens is 450 g/mol. The summed E-state index contributed by atoms with van der Waals surface area (Å²) in [6.45, 7) is 2.26. The van der Waals surface area contributed by atoms with E-state index in [-0.39, 0.29) is 34.4 Å². The molecule has 0 bridgehead atoms. The number of pyridine rings is 1. The predicted octanol–water partition coefficient (Wildman–Crippen LogP) is 4.06. The van der Waals surface area contributed by atoms with Crippen molar-refractivity contribution in [3.63, 3.8) is 0 Å². The molecule has 10 heteroatoms. The molecule has 4 heterocycles. The Kier molecular flexibility index (Phi) is 6.07. The van der Waals surface area contributed by atoms with Gasteiger partial charge in [-0.3, -0.25) is 4.90 Å². The van der Waals surface area contributed by atoms with Gasteiger partial charge in [-0.15, -0.1) is 0 Å². The topological polar surface area (TPSA) is 66.4 Å². The van der Waals surface area contributed by atoms with E-state index in [9.17, 15) is 8.78 Å². The van der Waals surface area contributed by atoms with E-state index in [1.807, 2.05) is 0 Å². The Morgan fingerprint density at radius 2 is 2.03 bits per heavy atom. The molecule has 2 aliphatic heterocycles. The second-order valence-corrected chi connectivity index (χ2v) is 10.4. The molecule has 33 heavy (non-hydrogen) atoms. The zero-order chi connectivity index (χ0) is 23.2. The normalized spacial score (nSPS) is 26.9. The number of nitrogens with zero attached hydrogens (tertiary/aromatic N) is 5. The van der Waals surface area contributed by atoms with Crippen LogP contribution in [-0.4, -0.2) is 82.3 Å². The van der Waals surface area contributed by atoms with E-state index in [4.69, 9.17) is 16.3 Å². The summed E-state index contributed by atoms with van der Waals surface area (Å²) in [7, 11) is 4.18. The Bertz CT molecular complexity index is 1030. The van der Waals surface area contributed by atoms with Crippen LogP contribution in [0.3, 0.4) is 0 Å². The minimum Gasteiger partial charge on any atom is -0.461 e. The summed E-state index contributed by atoms with van der Waals surface area (Å²) in [4.78, 5) is 17.3. The molecule has 1 aliphatic carbocycles. The summed E-state index contributed by atoms with van der Waals surface area (Å²) in [5, 5.41) is 3.64. The van der Waals surface area contributed by atoms with Gasteiger partial charge in [0, 0.05) is 31.2 Å². The summed E-state index contributed by atoms with van der Waals surface area (Å²) in [6, 6.07) is 0.0695. The van der Waals surface area contributed by atoms with Crippen molar-refractivity contribution < 1.29 is 13.5 Å². The van der Waals surface area contributed by atoms with E-state index in [0.717, 1.165) is 32.2 Å². The van der Waals surface area contributed by atoms with Gasteiger partial charge >= 0.3 is 6.01 Å². The Labute approximate surface area is 197 Å². The van der Waals surface area contributed by atoms with Crippen molar-refractivity contribution in [2.75, 3.05) is 45.7 Å².